The van der Waals surface area contributed by atoms with E-state index in [1.54, 1.807) is 0 Å². The van der Waals surface area contributed by atoms with Gasteiger partial charge in [0.15, 0.2) is 0 Å². The van der Waals surface area contributed by atoms with Crippen LogP contribution >= 0.6 is 0 Å². The van der Waals surface area contributed by atoms with Gasteiger partial charge in [-0.25, -0.2) is 0 Å². The van der Waals surface area contributed by atoms with Gasteiger partial charge in [-0.05, 0) is 50.1 Å². The number of rotatable bonds is 3. The van der Waals surface area contributed by atoms with E-state index >= 15 is 0 Å². The van der Waals surface area contributed by atoms with Crippen LogP contribution in [0.5, 0.6) is 0 Å². The molecule has 0 bridgehead atoms. The highest BCUT2D eigenvalue weighted by molar-refractivity contribution is 6.04. The predicted molar refractivity (Wildman–Crippen MR) is 79.7 cm³/mol. The van der Waals surface area contributed by atoms with Crippen molar-refractivity contribution >= 4 is 11.6 Å². The van der Waals surface area contributed by atoms with E-state index in [0.717, 1.165) is 23.2 Å². The zero-order chi connectivity index (χ0) is 13.8. The number of nitrogens with one attached hydrogen (secondary N) is 1. The summed E-state index contributed by atoms with van der Waals surface area (Å²) in [5, 5.41) is 2.95. The van der Waals surface area contributed by atoms with E-state index in [9.17, 15) is 4.79 Å². The van der Waals surface area contributed by atoms with Crippen LogP contribution in [0.2, 0.25) is 0 Å². The quantitative estimate of drug-likeness (QED) is 0.876. The minimum Gasteiger partial charge on any atom is -0.322 e. The number of benzene rings is 2. The number of hydrogen-bond acceptors (Lipinski definition) is 1. The van der Waals surface area contributed by atoms with Gasteiger partial charge in [-0.1, -0.05) is 36.2 Å². The Hall–Kier alpha value is -2.09. The van der Waals surface area contributed by atoms with Crippen LogP contribution in [0.4, 0.5) is 5.69 Å². The molecule has 0 saturated carbocycles. The lowest BCUT2D eigenvalue weighted by Gasteiger charge is -2.08. The number of amides is 1. The molecule has 2 rings (SSSR count). The highest BCUT2D eigenvalue weighted by atomic mass is 16.1. The van der Waals surface area contributed by atoms with Gasteiger partial charge < -0.3 is 5.32 Å². The lowest BCUT2D eigenvalue weighted by Crippen LogP contribution is -2.12. The lowest BCUT2D eigenvalue weighted by atomic mass is 10.1. The van der Waals surface area contributed by atoms with Crippen LogP contribution in [-0.2, 0) is 6.42 Å². The minimum atomic E-state index is -0.0555. The Morgan fingerprint density at radius 1 is 1.05 bits per heavy atom. The van der Waals surface area contributed by atoms with E-state index < -0.39 is 0 Å². The van der Waals surface area contributed by atoms with E-state index in [0.29, 0.717) is 5.56 Å². The SMILES string of the molecule is CCc1cccc(NC(=O)c2cc(C)cc(C)c2)c1. The average Bonchev–Trinajstić information content (AvgIpc) is 2.37. The van der Waals surface area contributed by atoms with Gasteiger partial charge in [0.2, 0.25) is 0 Å². The van der Waals surface area contributed by atoms with Crippen molar-refractivity contribution < 1.29 is 4.79 Å². The molecule has 2 nitrogen and oxygen atoms in total. The maximum absolute atomic E-state index is 12.2. The van der Waals surface area contributed by atoms with Gasteiger partial charge in [0.25, 0.3) is 5.91 Å². The summed E-state index contributed by atoms with van der Waals surface area (Å²) < 4.78 is 0. The minimum absolute atomic E-state index is 0.0555. The summed E-state index contributed by atoms with van der Waals surface area (Å²) in [5.74, 6) is -0.0555. The predicted octanol–water partition coefficient (Wildman–Crippen LogP) is 4.12. The Bertz CT molecular complexity index is 582. The van der Waals surface area contributed by atoms with Crippen LogP contribution in [0.1, 0.15) is 34.0 Å². The van der Waals surface area contributed by atoms with E-state index in [1.807, 2.05) is 44.2 Å². The average molecular weight is 253 g/mol. The van der Waals surface area contributed by atoms with Crippen LogP contribution in [0.3, 0.4) is 0 Å². The molecule has 0 aliphatic carbocycles. The van der Waals surface area contributed by atoms with Crippen LogP contribution in [0.25, 0.3) is 0 Å². The van der Waals surface area contributed by atoms with E-state index in [2.05, 4.69) is 24.4 Å². The third-order valence-electron chi connectivity index (χ3n) is 3.08. The smallest absolute Gasteiger partial charge is 0.255 e. The van der Waals surface area contributed by atoms with Crippen molar-refractivity contribution in [3.63, 3.8) is 0 Å². The van der Waals surface area contributed by atoms with Crippen LogP contribution in [0.15, 0.2) is 42.5 Å². The molecule has 0 atom stereocenters. The molecule has 0 radical (unpaired) electrons. The molecule has 0 unspecified atom stereocenters. The van der Waals surface area contributed by atoms with Gasteiger partial charge in [0.1, 0.15) is 0 Å². The van der Waals surface area contributed by atoms with Gasteiger partial charge in [-0.15, -0.1) is 0 Å². The Labute approximate surface area is 114 Å². The molecular weight excluding hydrogens is 234 g/mol. The van der Waals surface area contributed by atoms with Crippen molar-refractivity contribution in [1.29, 1.82) is 0 Å². The first-order chi connectivity index (χ1) is 9.08. The molecule has 0 aromatic heterocycles. The van der Waals surface area contributed by atoms with Crippen molar-refractivity contribution in [3.05, 3.63) is 64.7 Å². The Kier molecular flexibility index (Phi) is 4.00. The summed E-state index contributed by atoms with van der Waals surface area (Å²) in [5.41, 5.74) is 4.99. The normalized spacial score (nSPS) is 10.3. The molecule has 2 aromatic carbocycles. The number of hydrogen-bond donors (Lipinski definition) is 1. The standard InChI is InChI=1S/C17H19NO/c1-4-14-6-5-7-16(11-14)18-17(19)15-9-12(2)8-13(3)10-15/h5-11H,4H2,1-3H3,(H,18,19). The molecule has 0 fully saturated rings. The Morgan fingerprint density at radius 2 is 1.74 bits per heavy atom. The van der Waals surface area contributed by atoms with Gasteiger partial charge in [-0.2, -0.15) is 0 Å². The van der Waals surface area contributed by atoms with E-state index in [4.69, 9.17) is 0 Å². The monoisotopic (exact) mass is 253 g/mol. The van der Waals surface area contributed by atoms with Crippen molar-refractivity contribution in [1.82, 2.24) is 0 Å². The number of carbonyl (C=O) groups excluding carboxylic acids is 1. The van der Waals surface area contributed by atoms with Crippen LogP contribution in [-0.4, -0.2) is 5.91 Å². The summed E-state index contributed by atoms with van der Waals surface area (Å²) in [4.78, 5) is 12.2. The van der Waals surface area contributed by atoms with Crippen molar-refractivity contribution in [2.24, 2.45) is 0 Å². The third kappa shape index (κ3) is 3.44. The fourth-order valence-corrected chi connectivity index (χ4v) is 2.18. The fraction of sp³-hybridized carbons (Fsp3) is 0.235. The summed E-state index contributed by atoms with van der Waals surface area (Å²) in [6.07, 6.45) is 0.966. The second-order valence-corrected chi connectivity index (χ2v) is 4.88. The second kappa shape index (κ2) is 5.70. The highest BCUT2D eigenvalue weighted by Gasteiger charge is 2.07. The maximum atomic E-state index is 12.2. The zero-order valence-electron chi connectivity index (χ0n) is 11.7. The maximum Gasteiger partial charge on any atom is 0.255 e. The molecule has 2 aromatic rings. The third-order valence-corrected chi connectivity index (χ3v) is 3.08. The van der Waals surface area contributed by atoms with E-state index in [-0.39, 0.29) is 5.91 Å². The fourth-order valence-electron chi connectivity index (χ4n) is 2.18. The first-order valence-electron chi connectivity index (χ1n) is 6.57. The topological polar surface area (TPSA) is 29.1 Å². The molecule has 2 heteroatoms. The molecule has 0 heterocycles. The lowest BCUT2D eigenvalue weighted by molar-refractivity contribution is 0.102. The molecule has 1 N–H and O–H groups in total. The van der Waals surface area contributed by atoms with Gasteiger partial charge >= 0.3 is 0 Å². The first-order valence-corrected chi connectivity index (χ1v) is 6.57. The Balaban J connectivity index is 2.20. The molecular formula is C17H19NO. The largest absolute Gasteiger partial charge is 0.322 e. The molecule has 1 amide bonds. The molecule has 19 heavy (non-hydrogen) atoms. The summed E-state index contributed by atoms with van der Waals surface area (Å²) in [7, 11) is 0. The molecule has 0 saturated heterocycles. The van der Waals surface area contributed by atoms with Crippen molar-refractivity contribution in [3.8, 4) is 0 Å². The molecule has 0 aliphatic rings. The summed E-state index contributed by atoms with van der Waals surface area (Å²) in [6.45, 7) is 6.10. The number of carbonyl (C=O) groups is 1. The highest BCUT2D eigenvalue weighted by Crippen LogP contribution is 2.14. The van der Waals surface area contributed by atoms with E-state index in [1.165, 1.54) is 5.56 Å². The number of anilines is 1. The van der Waals surface area contributed by atoms with Crippen LogP contribution in [0, 0.1) is 13.8 Å². The number of aryl methyl sites for hydroxylation is 3. The van der Waals surface area contributed by atoms with Gasteiger partial charge in [0, 0.05) is 11.3 Å². The molecule has 0 spiro atoms. The van der Waals surface area contributed by atoms with Gasteiger partial charge in [-0.3, -0.25) is 4.79 Å². The summed E-state index contributed by atoms with van der Waals surface area (Å²) >= 11 is 0. The van der Waals surface area contributed by atoms with Crippen molar-refractivity contribution in [2.75, 3.05) is 5.32 Å². The zero-order valence-corrected chi connectivity index (χ0v) is 11.7. The van der Waals surface area contributed by atoms with Gasteiger partial charge in [0.05, 0.1) is 0 Å². The second-order valence-electron chi connectivity index (χ2n) is 4.88. The molecule has 0 aliphatic heterocycles. The Morgan fingerprint density at radius 3 is 2.37 bits per heavy atom. The van der Waals surface area contributed by atoms with Crippen LogP contribution < -0.4 is 5.32 Å². The first kappa shape index (κ1) is 13.3. The molecule has 98 valence electrons. The summed E-state index contributed by atoms with van der Waals surface area (Å²) in [6, 6.07) is 13.8. The van der Waals surface area contributed by atoms with Crippen molar-refractivity contribution in [2.45, 2.75) is 27.2 Å².